The molecule has 1 aliphatic rings. The quantitative estimate of drug-likeness (QED) is 0.567. The van der Waals surface area contributed by atoms with Crippen molar-refractivity contribution in [3.05, 3.63) is 46.4 Å². The zero-order valence-electron chi connectivity index (χ0n) is 17.8. The van der Waals surface area contributed by atoms with Gasteiger partial charge in [0.1, 0.15) is 6.10 Å². The molecule has 0 fully saturated rings. The molecule has 152 valence electrons. The van der Waals surface area contributed by atoms with Gasteiger partial charge in [0.2, 0.25) is 5.78 Å². The van der Waals surface area contributed by atoms with Crippen molar-refractivity contribution >= 4 is 5.78 Å². The molecule has 1 rings (SSSR count). The second kappa shape index (κ2) is 11.1. The molecule has 0 aromatic rings. The molecule has 1 unspecified atom stereocenters. The predicted octanol–water partition coefficient (Wildman–Crippen LogP) is 4.81. The molecule has 0 amide bonds. The van der Waals surface area contributed by atoms with E-state index in [-0.39, 0.29) is 29.1 Å². The van der Waals surface area contributed by atoms with Crippen molar-refractivity contribution < 1.29 is 14.6 Å². The number of aliphatic hydroxyl groups excluding tert-OH is 1. The molecule has 0 saturated heterocycles. The highest BCUT2D eigenvalue weighted by atomic mass is 16.5. The van der Waals surface area contributed by atoms with Gasteiger partial charge in [0.15, 0.2) is 5.76 Å². The fraction of sp³-hybridized carbons (Fsp3) is 0.609. The predicted molar refractivity (Wildman–Crippen MR) is 112 cm³/mol. The van der Waals surface area contributed by atoms with Crippen molar-refractivity contribution in [3.8, 4) is 0 Å². The normalized spacial score (nSPS) is 24.3. The molecule has 4 heteroatoms. The van der Waals surface area contributed by atoms with Crippen LogP contribution in [0.4, 0.5) is 0 Å². The second-order valence-corrected chi connectivity index (χ2v) is 7.95. The first-order valence-electron chi connectivity index (χ1n) is 9.89. The molecule has 27 heavy (non-hydrogen) atoms. The number of ketones is 1. The van der Waals surface area contributed by atoms with Crippen LogP contribution in [0.3, 0.4) is 0 Å². The Bertz CT molecular complexity index is 636. The molecule has 0 aromatic heterocycles. The maximum atomic E-state index is 12.3. The largest absolute Gasteiger partial charge is 0.491 e. The molecule has 1 aliphatic carbocycles. The summed E-state index contributed by atoms with van der Waals surface area (Å²) < 4.78 is 5.07. The molecule has 0 heterocycles. The van der Waals surface area contributed by atoms with Crippen LogP contribution in [0.15, 0.2) is 46.4 Å². The number of Topliss-reactive ketones (excluding diaryl/α,β-unsaturated/α-hetero) is 1. The maximum Gasteiger partial charge on any atom is 0.202 e. The van der Waals surface area contributed by atoms with Crippen LogP contribution in [0, 0.1) is 11.8 Å². The van der Waals surface area contributed by atoms with Gasteiger partial charge in [0.05, 0.1) is 12.8 Å². The molecule has 0 aliphatic heterocycles. The number of allylic oxidation sites excluding steroid dienone is 7. The monoisotopic (exact) mass is 375 g/mol. The minimum atomic E-state index is -0.839. The lowest BCUT2D eigenvalue weighted by Gasteiger charge is -2.33. The Labute approximate surface area is 164 Å². The van der Waals surface area contributed by atoms with E-state index < -0.39 is 6.10 Å². The third kappa shape index (κ3) is 7.02. The van der Waals surface area contributed by atoms with E-state index in [0.29, 0.717) is 6.42 Å². The van der Waals surface area contributed by atoms with E-state index in [1.807, 2.05) is 6.92 Å². The van der Waals surface area contributed by atoms with E-state index in [0.717, 1.165) is 25.7 Å². The fourth-order valence-corrected chi connectivity index (χ4v) is 3.41. The zero-order chi connectivity index (χ0) is 20.6. The van der Waals surface area contributed by atoms with E-state index in [1.165, 1.54) is 23.8 Å². The summed E-state index contributed by atoms with van der Waals surface area (Å²) >= 11 is 0. The van der Waals surface area contributed by atoms with Crippen LogP contribution in [-0.2, 0) is 9.53 Å². The summed E-state index contributed by atoms with van der Waals surface area (Å²) in [7, 11) is 1.42. The van der Waals surface area contributed by atoms with Crippen molar-refractivity contribution in [2.75, 3.05) is 7.11 Å². The molecule has 4 nitrogen and oxygen atoms in total. The number of rotatable bonds is 9. The van der Waals surface area contributed by atoms with Crippen LogP contribution in [0.1, 0.15) is 66.7 Å². The number of aliphatic hydroxyl groups is 1. The van der Waals surface area contributed by atoms with Gasteiger partial charge in [0, 0.05) is 11.8 Å². The van der Waals surface area contributed by atoms with Crippen molar-refractivity contribution in [2.24, 2.45) is 17.6 Å². The molecule has 0 saturated carbocycles. The van der Waals surface area contributed by atoms with Crippen LogP contribution in [0.5, 0.6) is 0 Å². The average molecular weight is 376 g/mol. The van der Waals surface area contributed by atoms with E-state index in [9.17, 15) is 9.90 Å². The maximum absolute atomic E-state index is 12.3. The van der Waals surface area contributed by atoms with Crippen molar-refractivity contribution in [3.63, 3.8) is 0 Å². The van der Waals surface area contributed by atoms with E-state index in [4.69, 9.17) is 10.5 Å². The molecule has 0 aromatic carbocycles. The Morgan fingerprint density at radius 2 is 1.63 bits per heavy atom. The Hall–Kier alpha value is -1.81. The Kier molecular flexibility index (Phi) is 9.57. The molecule has 0 spiro atoms. The summed E-state index contributed by atoms with van der Waals surface area (Å²) in [6.07, 6.45) is 10.7. The zero-order valence-corrected chi connectivity index (χ0v) is 17.8. The summed E-state index contributed by atoms with van der Waals surface area (Å²) in [6.45, 7) is 10.4. The van der Waals surface area contributed by atoms with Gasteiger partial charge in [-0.3, -0.25) is 4.79 Å². The molecule has 3 atom stereocenters. The molecule has 0 bridgehead atoms. The van der Waals surface area contributed by atoms with E-state index >= 15 is 0 Å². The second-order valence-electron chi connectivity index (χ2n) is 7.95. The molecule has 0 radical (unpaired) electrons. The number of methoxy groups -OCH3 is 1. The van der Waals surface area contributed by atoms with Gasteiger partial charge in [0.25, 0.3) is 0 Å². The summed E-state index contributed by atoms with van der Waals surface area (Å²) in [5.74, 6) is -0.511. The highest BCUT2D eigenvalue weighted by Gasteiger charge is 2.40. The summed E-state index contributed by atoms with van der Waals surface area (Å²) in [5, 5.41) is 10.5. The lowest BCUT2D eigenvalue weighted by molar-refractivity contribution is -0.126. The molecular weight excluding hydrogens is 338 g/mol. The fourth-order valence-electron chi connectivity index (χ4n) is 3.41. The van der Waals surface area contributed by atoms with Crippen molar-refractivity contribution in [1.29, 1.82) is 0 Å². The average Bonchev–Trinajstić information content (AvgIpc) is 2.60. The minimum Gasteiger partial charge on any atom is -0.491 e. The van der Waals surface area contributed by atoms with Gasteiger partial charge in [-0.1, -0.05) is 41.9 Å². The summed E-state index contributed by atoms with van der Waals surface area (Å²) in [6, 6.07) is 0. The van der Waals surface area contributed by atoms with Gasteiger partial charge in [-0.15, -0.1) is 0 Å². The third-order valence-electron chi connectivity index (χ3n) is 5.33. The number of nitrogens with two attached hydrogens (primary N) is 1. The van der Waals surface area contributed by atoms with E-state index in [2.05, 4.69) is 45.9 Å². The van der Waals surface area contributed by atoms with Crippen molar-refractivity contribution in [2.45, 2.75) is 72.8 Å². The van der Waals surface area contributed by atoms with Crippen LogP contribution in [-0.4, -0.2) is 24.1 Å². The third-order valence-corrected chi connectivity index (χ3v) is 5.33. The Morgan fingerprint density at radius 1 is 1.07 bits per heavy atom. The van der Waals surface area contributed by atoms with Gasteiger partial charge in [-0.2, -0.15) is 0 Å². The number of hydrogen-bond acceptors (Lipinski definition) is 4. The van der Waals surface area contributed by atoms with Gasteiger partial charge < -0.3 is 15.6 Å². The first-order valence-corrected chi connectivity index (χ1v) is 9.89. The minimum absolute atomic E-state index is 0.112. The smallest absolute Gasteiger partial charge is 0.202 e. The lowest BCUT2D eigenvalue weighted by Crippen LogP contribution is -2.42. The lowest BCUT2D eigenvalue weighted by atomic mass is 9.77. The summed E-state index contributed by atoms with van der Waals surface area (Å²) in [4.78, 5) is 12.3. The van der Waals surface area contributed by atoms with Crippen molar-refractivity contribution in [1.82, 2.24) is 0 Å². The molecule has 3 N–H and O–H groups in total. The Morgan fingerprint density at radius 3 is 2.19 bits per heavy atom. The van der Waals surface area contributed by atoms with E-state index in [1.54, 1.807) is 0 Å². The highest BCUT2D eigenvalue weighted by molar-refractivity contribution is 5.97. The van der Waals surface area contributed by atoms with Crippen LogP contribution < -0.4 is 5.73 Å². The number of carbonyl (C=O) groups excluding carboxylic acids is 1. The van der Waals surface area contributed by atoms with Gasteiger partial charge in [-0.25, -0.2) is 0 Å². The first kappa shape index (κ1) is 23.2. The highest BCUT2D eigenvalue weighted by Crippen LogP contribution is 2.33. The first-order chi connectivity index (χ1) is 12.7. The van der Waals surface area contributed by atoms with Crippen LogP contribution in [0.2, 0.25) is 0 Å². The number of ether oxygens (including phenoxy) is 1. The SMILES string of the molecule is COC1=C(N)[C@@H](O)C(C/C=C(\C)CC/C=C(\C)CCC=C(C)C)[C@H](C)C1=O. The molecular formula is C23H37NO3. The summed E-state index contributed by atoms with van der Waals surface area (Å²) in [5.41, 5.74) is 10.1. The van der Waals surface area contributed by atoms with Crippen LogP contribution >= 0.6 is 0 Å². The van der Waals surface area contributed by atoms with Crippen LogP contribution in [0.25, 0.3) is 0 Å². The number of carbonyl (C=O) groups is 1. The topological polar surface area (TPSA) is 72.6 Å². The number of hydrogen-bond donors (Lipinski definition) is 2. The van der Waals surface area contributed by atoms with Gasteiger partial charge >= 0.3 is 0 Å². The standard InChI is InChI=1S/C23H37NO3/c1-15(2)9-7-10-16(3)11-8-12-17(4)13-14-19-18(5)21(25)23(27-6)20(24)22(19)26/h9,11,13,18-19,22,26H,7-8,10,12,14,24H2,1-6H3/b16-11+,17-13+/t18-,19?,22-/m0/s1. The Balaban J connectivity index is 2.58. The van der Waals surface area contributed by atoms with Gasteiger partial charge in [-0.05, 0) is 59.8 Å².